The van der Waals surface area contributed by atoms with Crippen LogP contribution < -0.4 is 11.1 Å². The molecule has 0 saturated heterocycles. The zero-order valence-electron chi connectivity index (χ0n) is 13.1. The molecule has 1 rings (SSSR count). The Morgan fingerprint density at radius 3 is 2.24 bits per heavy atom. The van der Waals surface area contributed by atoms with Crippen molar-refractivity contribution in [3.63, 3.8) is 0 Å². The average molecular weight is 292 g/mol. The SMILES string of the molecule is CCN(CC(=O)N(C)C)C(=O)Nc1ccc(C(C)N)cc1. The molecule has 0 aromatic heterocycles. The number of carbonyl (C=O) groups excluding carboxylic acids is 2. The Hall–Kier alpha value is -2.08. The van der Waals surface area contributed by atoms with Gasteiger partial charge in [-0.25, -0.2) is 4.79 Å². The van der Waals surface area contributed by atoms with Crippen LogP contribution in [0, 0.1) is 0 Å². The summed E-state index contributed by atoms with van der Waals surface area (Å²) in [4.78, 5) is 26.7. The number of carbonyl (C=O) groups is 2. The number of nitrogens with two attached hydrogens (primary N) is 1. The number of likely N-dealkylation sites (N-methyl/N-ethyl adjacent to an activating group) is 2. The van der Waals surface area contributed by atoms with Crippen LogP contribution in [0.2, 0.25) is 0 Å². The number of hydrogen-bond donors (Lipinski definition) is 2. The van der Waals surface area contributed by atoms with Crippen LogP contribution in [-0.2, 0) is 4.79 Å². The van der Waals surface area contributed by atoms with Crippen LogP contribution in [0.25, 0.3) is 0 Å². The number of amides is 3. The molecule has 1 unspecified atom stereocenters. The van der Waals surface area contributed by atoms with Crippen molar-refractivity contribution in [2.24, 2.45) is 5.73 Å². The number of nitrogens with zero attached hydrogens (tertiary/aromatic N) is 2. The van der Waals surface area contributed by atoms with E-state index >= 15 is 0 Å². The lowest BCUT2D eigenvalue weighted by Gasteiger charge is -2.22. The number of anilines is 1. The van der Waals surface area contributed by atoms with Gasteiger partial charge in [-0.1, -0.05) is 12.1 Å². The lowest BCUT2D eigenvalue weighted by molar-refractivity contribution is -0.129. The lowest BCUT2D eigenvalue weighted by Crippen LogP contribution is -2.42. The maximum Gasteiger partial charge on any atom is 0.322 e. The molecule has 1 aromatic rings. The molecule has 6 nitrogen and oxygen atoms in total. The Kier molecular flexibility index (Phi) is 6.17. The highest BCUT2D eigenvalue weighted by Crippen LogP contribution is 2.14. The number of hydrogen-bond acceptors (Lipinski definition) is 3. The van der Waals surface area contributed by atoms with Crippen LogP contribution in [0.1, 0.15) is 25.5 Å². The second-order valence-corrected chi connectivity index (χ2v) is 5.14. The first-order valence-corrected chi connectivity index (χ1v) is 6.96. The summed E-state index contributed by atoms with van der Waals surface area (Å²) in [6.45, 7) is 4.26. The minimum atomic E-state index is -0.291. The maximum atomic E-state index is 12.1. The monoisotopic (exact) mass is 292 g/mol. The lowest BCUT2D eigenvalue weighted by atomic mass is 10.1. The smallest absolute Gasteiger partial charge is 0.322 e. The van der Waals surface area contributed by atoms with E-state index in [9.17, 15) is 9.59 Å². The van der Waals surface area contributed by atoms with Crippen LogP contribution in [-0.4, -0.2) is 48.9 Å². The van der Waals surface area contributed by atoms with Gasteiger partial charge in [0.1, 0.15) is 6.54 Å². The molecular formula is C15H24N4O2. The first-order chi connectivity index (χ1) is 9.85. The minimum Gasteiger partial charge on any atom is -0.347 e. The number of urea groups is 1. The van der Waals surface area contributed by atoms with Gasteiger partial charge in [-0.15, -0.1) is 0 Å². The third-order valence-corrected chi connectivity index (χ3v) is 3.18. The first-order valence-electron chi connectivity index (χ1n) is 6.96. The summed E-state index contributed by atoms with van der Waals surface area (Å²) in [5, 5.41) is 2.78. The molecule has 3 amide bonds. The van der Waals surface area contributed by atoms with Gasteiger partial charge >= 0.3 is 6.03 Å². The Morgan fingerprint density at radius 2 is 1.81 bits per heavy atom. The summed E-state index contributed by atoms with van der Waals surface area (Å²) < 4.78 is 0. The summed E-state index contributed by atoms with van der Waals surface area (Å²) in [6.07, 6.45) is 0. The summed E-state index contributed by atoms with van der Waals surface area (Å²) >= 11 is 0. The molecule has 21 heavy (non-hydrogen) atoms. The largest absolute Gasteiger partial charge is 0.347 e. The fourth-order valence-corrected chi connectivity index (χ4v) is 1.70. The standard InChI is InChI=1S/C15H24N4O2/c1-5-19(10-14(20)18(3)4)15(21)17-13-8-6-12(7-9-13)11(2)16/h6-9,11H,5,10,16H2,1-4H3,(H,17,21). The third kappa shape index (κ3) is 5.07. The highest BCUT2D eigenvalue weighted by atomic mass is 16.2. The third-order valence-electron chi connectivity index (χ3n) is 3.18. The van der Waals surface area contributed by atoms with E-state index in [0.717, 1.165) is 5.56 Å². The Labute approximate surface area is 125 Å². The first kappa shape index (κ1) is 17.0. The molecule has 116 valence electrons. The van der Waals surface area contributed by atoms with Crippen LogP contribution in [0.15, 0.2) is 24.3 Å². The molecule has 1 atom stereocenters. The van der Waals surface area contributed by atoms with Gasteiger partial charge in [-0.3, -0.25) is 4.79 Å². The van der Waals surface area contributed by atoms with Crippen molar-refractivity contribution in [2.75, 3.05) is 32.5 Å². The Bertz CT molecular complexity index is 483. The van der Waals surface area contributed by atoms with E-state index in [1.807, 2.05) is 26.0 Å². The molecule has 0 aliphatic rings. The van der Waals surface area contributed by atoms with Gasteiger partial charge in [-0.05, 0) is 31.5 Å². The second kappa shape index (κ2) is 7.64. The van der Waals surface area contributed by atoms with Gasteiger partial charge < -0.3 is 20.9 Å². The zero-order valence-corrected chi connectivity index (χ0v) is 13.1. The van der Waals surface area contributed by atoms with E-state index in [1.54, 1.807) is 26.2 Å². The molecule has 0 aliphatic carbocycles. The zero-order chi connectivity index (χ0) is 16.0. The normalized spacial score (nSPS) is 11.7. The van der Waals surface area contributed by atoms with Crippen LogP contribution in [0.4, 0.5) is 10.5 Å². The molecule has 6 heteroatoms. The molecule has 0 saturated carbocycles. The highest BCUT2D eigenvalue weighted by Gasteiger charge is 2.16. The Balaban J connectivity index is 2.67. The summed E-state index contributed by atoms with van der Waals surface area (Å²) in [5.41, 5.74) is 7.46. The topological polar surface area (TPSA) is 78.7 Å². The van der Waals surface area contributed by atoms with E-state index < -0.39 is 0 Å². The van der Waals surface area contributed by atoms with Crippen molar-refractivity contribution < 1.29 is 9.59 Å². The van der Waals surface area contributed by atoms with Crippen LogP contribution in [0.3, 0.4) is 0 Å². The highest BCUT2D eigenvalue weighted by molar-refractivity contribution is 5.92. The van der Waals surface area contributed by atoms with Gasteiger partial charge in [0.2, 0.25) is 5.91 Å². The van der Waals surface area contributed by atoms with Crippen molar-refractivity contribution in [3.8, 4) is 0 Å². The number of benzene rings is 1. The fourth-order valence-electron chi connectivity index (χ4n) is 1.70. The quantitative estimate of drug-likeness (QED) is 0.866. The van der Waals surface area contributed by atoms with Gasteiger partial charge in [0.15, 0.2) is 0 Å². The fraction of sp³-hybridized carbons (Fsp3) is 0.467. The van der Waals surface area contributed by atoms with Gasteiger partial charge in [0.05, 0.1) is 0 Å². The van der Waals surface area contributed by atoms with Crippen LogP contribution in [0.5, 0.6) is 0 Å². The second-order valence-electron chi connectivity index (χ2n) is 5.14. The van der Waals surface area contributed by atoms with E-state index in [0.29, 0.717) is 12.2 Å². The maximum absolute atomic E-state index is 12.1. The molecule has 3 N–H and O–H groups in total. The van der Waals surface area contributed by atoms with Crippen molar-refractivity contribution in [2.45, 2.75) is 19.9 Å². The number of rotatable bonds is 5. The van der Waals surface area contributed by atoms with Crippen molar-refractivity contribution in [3.05, 3.63) is 29.8 Å². The molecule has 0 bridgehead atoms. The van der Waals surface area contributed by atoms with Crippen LogP contribution >= 0.6 is 0 Å². The summed E-state index contributed by atoms with van der Waals surface area (Å²) in [5.74, 6) is -0.112. The molecule has 1 aromatic carbocycles. The molecular weight excluding hydrogens is 268 g/mol. The van der Waals surface area contributed by atoms with E-state index in [-0.39, 0.29) is 24.5 Å². The van der Waals surface area contributed by atoms with Crippen molar-refractivity contribution in [1.29, 1.82) is 0 Å². The predicted octanol–water partition coefficient (Wildman–Crippen LogP) is 1.65. The van der Waals surface area contributed by atoms with Gasteiger partial charge in [0.25, 0.3) is 0 Å². The molecule has 0 heterocycles. The summed E-state index contributed by atoms with van der Waals surface area (Å²) in [6, 6.07) is 7.03. The van der Waals surface area contributed by atoms with E-state index in [2.05, 4.69) is 5.32 Å². The molecule has 0 spiro atoms. The van der Waals surface area contributed by atoms with Crippen molar-refractivity contribution >= 4 is 17.6 Å². The van der Waals surface area contributed by atoms with Gasteiger partial charge in [-0.2, -0.15) is 0 Å². The Morgan fingerprint density at radius 1 is 1.24 bits per heavy atom. The molecule has 0 aliphatic heterocycles. The van der Waals surface area contributed by atoms with E-state index in [1.165, 1.54) is 9.80 Å². The minimum absolute atomic E-state index is 0.0420. The average Bonchev–Trinajstić information content (AvgIpc) is 2.44. The van der Waals surface area contributed by atoms with Crippen molar-refractivity contribution in [1.82, 2.24) is 9.80 Å². The van der Waals surface area contributed by atoms with E-state index in [4.69, 9.17) is 5.73 Å². The predicted molar refractivity (Wildman–Crippen MR) is 84.0 cm³/mol. The summed E-state index contributed by atoms with van der Waals surface area (Å²) in [7, 11) is 3.33. The molecule has 0 radical (unpaired) electrons. The number of nitrogens with one attached hydrogen (secondary N) is 1. The van der Waals surface area contributed by atoms with Gasteiger partial charge in [0, 0.05) is 32.4 Å². The molecule has 0 fully saturated rings.